The summed E-state index contributed by atoms with van der Waals surface area (Å²) in [5, 5.41) is 4.40. The molecular weight excluding hydrogens is 218 g/mol. The van der Waals surface area contributed by atoms with Crippen LogP contribution in [-0.4, -0.2) is 13.1 Å². The number of benzene rings is 1. The number of hydrogen-bond acceptors (Lipinski definition) is 1. The van der Waals surface area contributed by atoms with E-state index < -0.39 is 0 Å². The molecule has 0 spiro atoms. The number of hydrogen-bond donors (Lipinski definition) is 1. The molecule has 1 nitrogen and oxygen atoms in total. The van der Waals surface area contributed by atoms with Gasteiger partial charge in [-0.15, -0.1) is 0 Å². The Morgan fingerprint density at radius 1 is 1.38 bits per heavy atom. The molecule has 0 saturated carbocycles. The van der Waals surface area contributed by atoms with E-state index >= 15 is 0 Å². The van der Waals surface area contributed by atoms with Crippen molar-refractivity contribution in [2.75, 3.05) is 13.1 Å². The molecule has 2 rings (SSSR count). The third-order valence-electron chi connectivity index (χ3n) is 3.70. The molecule has 1 atom stereocenters. The Balaban J connectivity index is 2.16. The zero-order valence-corrected chi connectivity index (χ0v) is 10.9. The fourth-order valence-electron chi connectivity index (χ4n) is 2.48. The summed E-state index contributed by atoms with van der Waals surface area (Å²) in [6.07, 6.45) is 3.75. The number of nitrogens with one attached hydrogen (secondary N) is 1. The minimum atomic E-state index is 0.756. The maximum atomic E-state index is 6.30. The molecule has 1 aromatic carbocycles. The first-order valence-corrected chi connectivity index (χ1v) is 6.51. The predicted octanol–water partition coefficient (Wildman–Crippen LogP) is 3.50. The molecule has 1 aliphatic rings. The third kappa shape index (κ3) is 2.58. The highest BCUT2D eigenvalue weighted by molar-refractivity contribution is 6.31. The minimum Gasteiger partial charge on any atom is -0.316 e. The van der Waals surface area contributed by atoms with Gasteiger partial charge in [0.2, 0.25) is 0 Å². The van der Waals surface area contributed by atoms with Crippen molar-refractivity contribution in [2.24, 2.45) is 5.92 Å². The normalized spacial score (nSPS) is 21.1. The molecule has 0 amide bonds. The van der Waals surface area contributed by atoms with Gasteiger partial charge in [0.15, 0.2) is 0 Å². The lowest BCUT2D eigenvalue weighted by Gasteiger charge is -2.24. The topological polar surface area (TPSA) is 12.0 Å². The maximum absolute atomic E-state index is 6.30. The van der Waals surface area contributed by atoms with Gasteiger partial charge < -0.3 is 5.32 Å². The lowest BCUT2D eigenvalue weighted by Crippen LogP contribution is -2.31. The van der Waals surface area contributed by atoms with Gasteiger partial charge in [0.25, 0.3) is 0 Å². The lowest BCUT2D eigenvalue weighted by molar-refractivity contribution is 0.375. The summed E-state index contributed by atoms with van der Waals surface area (Å²) in [5.74, 6) is 0.756. The summed E-state index contributed by atoms with van der Waals surface area (Å²) in [5.41, 5.74) is 4.08. The Bertz CT molecular complexity index is 367. The summed E-state index contributed by atoms with van der Waals surface area (Å²) in [7, 11) is 0. The average molecular weight is 238 g/mol. The standard InChI is InChI=1S/C14H20ClN/c1-10-5-6-14(15)13(11(10)2)8-12-4-3-7-16-9-12/h5-6,12,16H,3-4,7-9H2,1-2H3. The van der Waals surface area contributed by atoms with Crippen molar-refractivity contribution < 1.29 is 0 Å². The van der Waals surface area contributed by atoms with Crippen LogP contribution in [0.25, 0.3) is 0 Å². The molecule has 88 valence electrons. The second-order valence-electron chi connectivity index (χ2n) is 4.88. The Kier molecular flexibility index (Phi) is 3.88. The summed E-state index contributed by atoms with van der Waals surface area (Å²) in [4.78, 5) is 0. The molecule has 1 aliphatic heterocycles. The Labute approximate surface area is 103 Å². The quantitative estimate of drug-likeness (QED) is 0.830. The van der Waals surface area contributed by atoms with Gasteiger partial charge in [-0.25, -0.2) is 0 Å². The van der Waals surface area contributed by atoms with Crippen LogP contribution in [0.4, 0.5) is 0 Å². The SMILES string of the molecule is Cc1ccc(Cl)c(CC2CCCNC2)c1C. The van der Waals surface area contributed by atoms with E-state index in [4.69, 9.17) is 11.6 Å². The minimum absolute atomic E-state index is 0.756. The van der Waals surface area contributed by atoms with Gasteiger partial charge in [0.1, 0.15) is 0 Å². The molecule has 0 aromatic heterocycles. The van der Waals surface area contributed by atoms with Gasteiger partial charge in [-0.1, -0.05) is 17.7 Å². The number of halogens is 1. The molecule has 0 aliphatic carbocycles. The lowest BCUT2D eigenvalue weighted by atomic mass is 9.89. The van der Waals surface area contributed by atoms with Crippen LogP contribution in [-0.2, 0) is 6.42 Å². The molecule has 1 N–H and O–H groups in total. The van der Waals surface area contributed by atoms with Crippen LogP contribution in [0.2, 0.25) is 5.02 Å². The van der Waals surface area contributed by atoms with Crippen molar-refractivity contribution in [1.29, 1.82) is 0 Å². The second-order valence-corrected chi connectivity index (χ2v) is 5.29. The first-order valence-electron chi connectivity index (χ1n) is 6.14. The van der Waals surface area contributed by atoms with E-state index in [1.165, 1.54) is 36.1 Å². The highest BCUT2D eigenvalue weighted by atomic mass is 35.5. The average Bonchev–Trinajstić information content (AvgIpc) is 2.31. The Morgan fingerprint density at radius 3 is 2.88 bits per heavy atom. The van der Waals surface area contributed by atoms with E-state index in [0.29, 0.717) is 0 Å². The second kappa shape index (κ2) is 5.20. The smallest absolute Gasteiger partial charge is 0.0440 e. The molecule has 2 heteroatoms. The number of aryl methyl sites for hydroxylation is 1. The molecule has 1 unspecified atom stereocenters. The van der Waals surface area contributed by atoms with Gasteiger partial charge in [0.05, 0.1) is 0 Å². The summed E-state index contributed by atoms with van der Waals surface area (Å²) >= 11 is 6.30. The van der Waals surface area contributed by atoms with Crippen LogP contribution in [0.1, 0.15) is 29.5 Å². The van der Waals surface area contributed by atoms with Crippen LogP contribution < -0.4 is 5.32 Å². The van der Waals surface area contributed by atoms with Crippen LogP contribution in [0.15, 0.2) is 12.1 Å². The van der Waals surface area contributed by atoms with E-state index in [1.54, 1.807) is 0 Å². The van der Waals surface area contributed by atoms with Gasteiger partial charge in [0, 0.05) is 5.02 Å². The molecule has 1 saturated heterocycles. The highest BCUT2D eigenvalue weighted by Crippen LogP contribution is 2.27. The van der Waals surface area contributed by atoms with E-state index in [-0.39, 0.29) is 0 Å². The zero-order valence-electron chi connectivity index (χ0n) is 10.1. The monoisotopic (exact) mass is 237 g/mol. The highest BCUT2D eigenvalue weighted by Gasteiger charge is 2.16. The van der Waals surface area contributed by atoms with E-state index in [1.807, 2.05) is 6.07 Å². The van der Waals surface area contributed by atoms with Crippen molar-refractivity contribution in [3.05, 3.63) is 33.8 Å². The van der Waals surface area contributed by atoms with Gasteiger partial charge in [-0.05, 0) is 74.9 Å². The van der Waals surface area contributed by atoms with Crippen LogP contribution in [0.5, 0.6) is 0 Å². The predicted molar refractivity (Wildman–Crippen MR) is 70.2 cm³/mol. The molecule has 16 heavy (non-hydrogen) atoms. The molecule has 1 heterocycles. The van der Waals surface area contributed by atoms with Gasteiger partial charge in [-0.2, -0.15) is 0 Å². The van der Waals surface area contributed by atoms with Crippen molar-refractivity contribution in [3.8, 4) is 0 Å². The van der Waals surface area contributed by atoms with Gasteiger partial charge >= 0.3 is 0 Å². The molecule has 0 bridgehead atoms. The van der Waals surface area contributed by atoms with Crippen LogP contribution >= 0.6 is 11.6 Å². The molecular formula is C14H20ClN. The first-order chi connectivity index (χ1) is 7.68. The third-order valence-corrected chi connectivity index (χ3v) is 4.06. The number of piperidine rings is 1. The van der Waals surface area contributed by atoms with E-state index in [9.17, 15) is 0 Å². The van der Waals surface area contributed by atoms with Crippen molar-refractivity contribution >= 4 is 11.6 Å². The maximum Gasteiger partial charge on any atom is 0.0440 e. The summed E-state index contributed by atoms with van der Waals surface area (Å²) < 4.78 is 0. The van der Waals surface area contributed by atoms with Crippen molar-refractivity contribution in [1.82, 2.24) is 5.32 Å². The molecule has 1 fully saturated rings. The van der Waals surface area contributed by atoms with E-state index in [0.717, 1.165) is 23.9 Å². The van der Waals surface area contributed by atoms with Crippen LogP contribution in [0.3, 0.4) is 0 Å². The zero-order chi connectivity index (χ0) is 11.5. The van der Waals surface area contributed by atoms with E-state index in [2.05, 4.69) is 25.2 Å². The fourth-order valence-corrected chi connectivity index (χ4v) is 2.76. The summed E-state index contributed by atoms with van der Waals surface area (Å²) in [6, 6.07) is 4.15. The Morgan fingerprint density at radius 2 is 2.19 bits per heavy atom. The van der Waals surface area contributed by atoms with Gasteiger partial charge in [-0.3, -0.25) is 0 Å². The van der Waals surface area contributed by atoms with Crippen molar-refractivity contribution in [2.45, 2.75) is 33.1 Å². The van der Waals surface area contributed by atoms with Crippen molar-refractivity contribution in [3.63, 3.8) is 0 Å². The van der Waals surface area contributed by atoms with Crippen LogP contribution in [0, 0.1) is 19.8 Å². The fraction of sp³-hybridized carbons (Fsp3) is 0.571. The summed E-state index contributed by atoms with van der Waals surface area (Å²) in [6.45, 7) is 6.67. The molecule has 0 radical (unpaired) electrons. The molecule has 1 aromatic rings. The number of rotatable bonds is 2. The Hall–Kier alpha value is -0.530. The first kappa shape index (κ1) is 11.9. The largest absolute Gasteiger partial charge is 0.316 e.